The van der Waals surface area contributed by atoms with Gasteiger partial charge in [0.15, 0.2) is 0 Å². The van der Waals surface area contributed by atoms with E-state index in [1.165, 1.54) is 11.3 Å². The third kappa shape index (κ3) is 4.24. The Balaban J connectivity index is 2.80. The first-order valence-corrected chi connectivity index (χ1v) is 7.57. The molecule has 0 saturated carbocycles. The number of anilines is 1. The fourth-order valence-electron chi connectivity index (χ4n) is 2.37. The van der Waals surface area contributed by atoms with E-state index in [1.54, 1.807) is 0 Å². The van der Waals surface area contributed by atoms with Gasteiger partial charge in [-0.1, -0.05) is 39.8 Å². The molecular weight excluding hydrogens is 232 g/mol. The minimum absolute atomic E-state index is 0.479. The van der Waals surface area contributed by atoms with Crippen LogP contribution in [0, 0.1) is 5.92 Å². The Morgan fingerprint density at radius 3 is 2.05 bits per heavy atom. The molecule has 0 aromatic heterocycles. The average Bonchev–Trinajstić information content (AvgIpc) is 2.43. The molecule has 2 nitrogen and oxygen atoms in total. The van der Waals surface area contributed by atoms with E-state index in [-0.39, 0.29) is 0 Å². The SMILES string of the molecule is CCNC(CC)c1ccc(N(C)C(C)C(C)C)cc1. The van der Waals surface area contributed by atoms with E-state index in [9.17, 15) is 0 Å². The van der Waals surface area contributed by atoms with E-state index in [0.29, 0.717) is 18.0 Å². The van der Waals surface area contributed by atoms with Crippen LogP contribution in [0.5, 0.6) is 0 Å². The molecule has 2 unspecified atom stereocenters. The highest BCUT2D eigenvalue weighted by atomic mass is 15.1. The zero-order chi connectivity index (χ0) is 14.4. The molecule has 2 atom stereocenters. The molecule has 0 saturated heterocycles. The minimum Gasteiger partial charge on any atom is -0.372 e. The summed E-state index contributed by atoms with van der Waals surface area (Å²) in [7, 11) is 2.18. The van der Waals surface area contributed by atoms with E-state index in [4.69, 9.17) is 0 Å². The number of benzene rings is 1. The Hall–Kier alpha value is -1.02. The van der Waals surface area contributed by atoms with Crippen LogP contribution in [0.3, 0.4) is 0 Å². The van der Waals surface area contributed by atoms with Crippen molar-refractivity contribution in [2.75, 3.05) is 18.5 Å². The summed E-state index contributed by atoms with van der Waals surface area (Å²) in [5.74, 6) is 0.662. The summed E-state index contributed by atoms with van der Waals surface area (Å²) in [6.45, 7) is 12.2. The molecular formula is C17H30N2. The summed E-state index contributed by atoms with van der Waals surface area (Å²) in [5.41, 5.74) is 2.69. The highest BCUT2D eigenvalue weighted by Crippen LogP contribution is 2.23. The predicted octanol–water partition coefficient (Wildman–Crippen LogP) is 4.23. The number of rotatable bonds is 7. The molecule has 0 bridgehead atoms. The normalized spacial score (nSPS) is 14.5. The van der Waals surface area contributed by atoms with Gasteiger partial charge in [-0.15, -0.1) is 0 Å². The standard InChI is InChI=1S/C17H30N2/c1-7-17(18-8-2)15-9-11-16(12-10-15)19(6)14(5)13(3)4/h9-14,17-18H,7-8H2,1-6H3. The zero-order valence-electron chi connectivity index (χ0n) is 13.4. The van der Waals surface area contributed by atoms with Gasteiger partial charge in [-0.2, -0.15) is 0 Å². The number of hydrogen-bond donors (Lipinski definition) is 1. The maximum absolute atomic E-state index is 3.52. The van der Waals surface area contributed by atoms with Crippen molar-refractivity contribution >= 4 is 5.69 Å². The van der Waals surface area contributed by atoms with Crippen molar-refractivity contribution < 1.29 is 0 Å². The average molecular weight is 262 g/mol. The molecule has 0 aliphatic carbocycles. The van der Waals surface area contributed by atoms with Crippen molar-refractivity contribution in [3.63, 3.8) is 0 Å². The van der Waals surface area contributed by atoms with Crippen LogP contribution in [-0.4, -0.2) is 19.6 Å². The van der Waals surface area contributed by atoms with Gasteiger partial charge in [-0.05, 0) is 43.5 Å². The topological polar surface area (TPSA) is 15.3 Å². The van der Waals surface area contributed by atoms with E-state index < -0.39 is 0 Å². The van der Waals surface area contributed by atoms with Gasteiger partial charge in [-0.3, -0.25) is 0 Å². The zero-order valence-corrected chi connectivity index (χ0v) is 13.4. The van der Waals surface area contributed by atoms with Crippen LogP contribution in [0.15, 0.2) is 24.3 Å². The summed E-state index contributed by atoms with van der Waals surface area (Å²) in [4.78, 5) is 2.36. The number of nitrogens with one attached hydrogen (secondary N) is 1. The molecule has 1 rings (SSSR count). The van der Waals surface area contributed by atoms with Crippen LogP contribution >= 0.6 is 0 Å². The Morgan fingerprint density at radius 1 is 1.05 bits per heavy atom. The lowest BCUT2D eigenvalue weighted by Gasteiger charge is -2.30. The van der Waals surface area contributed by atoms with Crippen molar-refractivity contribution in [2.24, 2.45) is 5.92 Å². The fourth-order valence-corrected chi connectivity index (χ4v) is 2.37. The lowest BCUT2D eigenvalue weighted by Crippen LogP contribution is -2.33. The molecule has 108 valence electrons. The second kappa shape index (κ2) is 7.54. The number of nitrogens with zero attached hydrogens (tertiary/aromatic N) is 1. The van der Waals surface area contributed by atoms with Gasteiger partial charge in [0.25, 0.3) is 0 Å². The molecule has 0 aliphatic heterocycles. The van der Waals surface area contributed by atoms with Gasteiger partial charge in [-0.25, -0.2) is 0 Å². The first-order valence-electron chi connectivity index (χ1n) is 7.57. The third-order valence-corrected chi connectivity index (χ3v) is 4.14. The first-order chi connectivity index (χ1) is 9.01. The molecule has 0 aliphatic rings. The minimum atomic E-state index is 0.479. The van der Waals surface area contributed by atoms with Gasteiger partial charge >= 0.3 is 0 Å². The van der Waals surface area contributed by atoms with E-state index in [1.807, 2.05) is 0 Å². The van der Waals surface area contributed by atoms with Gasteiger partial charge < -0.3 is 10.2 Å². The van der Waals surface area contributed by atoms with Crippen LogP contribution in [0.25, 0.3) is 0 Å². The van der Waals surface area contributed by atoms with Crippen LogP contribution in [-0.2, 0) is 0 Å². The summed E-state index contributed by atoms with van der Waals surface area (Å²) in [5, 5.41) is 3.52. The van der Waals surface area contributed by atoms with Crippen LogP contribution < -0.4 is 10.2 Å². The molecule has 19 heavy (non-hydrogen) atoms. The Labute approximate surface area is 119 Å². The predicted molar refractivity (Wildman–Crippen MR) is 85.9 cm³/mol. The van der Waals surface area contributed by atoms with Crippen molar-refractivity contribution in [1.29, 1.82) is 0 Å². The second-order valence-corrected chi connectivity index (χ2v) is 5.71. The monoisotopic (exact) mass is 262 g/mol. The van der Waals surface area contributed by atoms with E-state index in [0.717, 1.165) is 13.0 Å². The maximum atomic E-state index is 3.52. The molecule has 0 fully saturated rings. The summed E-state index contributed by atoms with van der Waals surface area (Å²) in [6.07, 6.45) is 1.13. The van der Waals surface area contributed by atoms with Gasteiger partial charge in [0, 0.05) is 24.8 Å². The smallest absolute Gasteiger partial charge is 0.0366 e. The molecule has 1 aromatic carbocycles. The van der Waals surface area contributed by atoms with E-state index in [2.05, 4.69) is 76.1 Å². The molecule has 0 spiro atoms. The highest BCUT2D eigenvalue weighted by molar-refractivity contribution is 5.48. The second-order valence-electron chi connectivity index (χ2n) is 5.71. The summed E-state index contributed by atoms with van der Waals surface area (Å²) < 4.78 is 0. The largest absolute Gasteiger partial charge is 0.372 e. The Kier molecular flexibility index (Phi) is 6.36. The molecule has 2 heteroatoms. The van der Waals surface area contributed by atoms with Crippen LogP contribution in [0.2, 0.25) is 0 Å². The van der Waals surface area contributed by atoms with Crippen molar-refractivity contribution in [1.82, 2.24) is 5.32 Å². The third-order valence-electron chi connectivity index (χ3n) is 4.14. The molecule has 0 radical (unpaired) electrons. The summed E-state index contributed by atoms with van der Waals surface area (Å²) >= 11 is 0. The van der Waals surface area contributed by atoms with Gasteiger partial charge in [0.2, 0.25) is 0 Å². The molecule has 1 aromatic rings. The fraction of sp³-hybridized carbons (Fsp3) is 0.647. The molecule has 1 N–H and O–H groups in total. The van der Waals surface area contributed by atoms with Crippen molar-refractivity contribution in [2.45, 2.75) is 53.1 Å². The van der Waals surface area contributed by atoms with E-state index >= 15 is 0 Å². The first kappa shape index (κ1) is 16.0. The van der Waals surface area contributed by atoms with Gasteiger partial charge in [0.05, 0.1) is 0 Å². The van der Waals surface area contributed by atoms with Crippen molar-refractivity contribution in [3.8, 4) is 0 Å². The molecule has 0 heterocycles. The Bertz CT molecular complexity index is 356. The number of hydrogen-bond acceptors (Lipinski definition) is 2. The maximum Gasteiger partial charge on any atom is 0.0366 e. The van der Waals surface area contributed by atoms with Gasteiger partial charge in [0.1, 0.15) is 0 Å². The lowest BCUT2D eigenvalue weighted by molar-refractivity contribution is 0.505. The van der Waals surface area contributed by atoms with Crippen LogP contribution in [0.1, 0.15) is 52.6 Å². The highest BCUT2D eigenvalue weighted by Gasteiger charge is 2.14. The quantitative estimate of drug-likeness (QED) is 0.791. The van der Waals surface area contributed by atoms with Crippen molar-refractivity contribution in [3.05, 3.63) is 29.8 Å². The molecule has 0 amide bonds. The lowest BCUT2D eigenvalue weighted by atomic mass is 10.0. The Morgan fingerprint density at radius 2 is 1.63 bits per heavy atom. The summed E-state index contributed by atoms with van der Waals surface area (Å²) in [6, 6.07) is 10.0. The van der Waals surface area contributed by atoms with Crippen LogP contribution in [0.4, 0.5) is 5.69 Å².